The standard InChI is InChI=1S/C13H14FNO2/c1-2-17-13(16)12-11(15-12)8-5-9-3-6-10(14)7-4-9/h3-4,6-7,12H,2,5,8H2,1H3. The number of hydrogen-bond donors (Lipinski definition) is 0. The number of carbonyl (C=O) groups is 1. The van der Waals surface area contributed by atoms with E-state index in [9.17, 15) is 9.18 Å². The third-order valence-corrected chi connectivity index (χ3v) is 2.64. The number of esters is 1. The summed E-state index contributed by atoms with van der Waals surface area (Å²) in [5.41, 5.74) is 1.93. The fraction of sp³-hybridized carbons (Fsp3) is 0.385. The van der Waals surface area contributed by atoms with Crippen molar-refractivity contribution in [1.29, 1.82) is 0 Å². The van der Waals surface area contributed by atoms with Crippen molar-refractivity contribution in [3.63, 3.8) is 0 Å². The number of aliphatic imine (C=N–C) groups is 1. The lowest BCUT2D eigenvalue weighted by molar-refractivity contribution is -0.142. The molecule has 0 fully saturated rings. The van der Waals surface area contributed by atoms with Crippen molar-refractivity contribution in [2.45, 2.75) is 25.8 Å². The van der Waals surface area contributed by atoms with E-state index < -0.39 is 0 Å². The first kappa shape index (κ1) is 11.8. The average Bonchev–Trinajstić information content (AvgIpc) is 3.08. The van der Waals surface area contributed by atoms with Gasteiger partial charge in [0, 0.05) is 0 Å². The van der Waals surface area contributed by atoms with Gasteiger partial charge in [0.15, 0.2) is 6.04 Å². The molecule has 1 aromatic carbocycles. The van der Waals surface area contributed by atoms with Gasteiger partial charge in [-0.25, -0.2) is 9.18 Å². The molecule has 17 heavy (non-hydrogen) atoms. The maximum absolute atomic E-state index is 12.7. The molecule has 0 saturated carbocycles. The maximum Gasteiger partial charge on any atom is 0.336 e. The monoisotopic (exact) mass is 235 g/mol. The molecule has 2 rings (SSSR count). The Labute approximate surface area is 99.3 Å². The van der Waals surface area contributed by atoms with Gasteiger partial charge in [0.2, 0.25) is 0 Å². The van der Waals surface area contributed by atoms with E-state index >= 15 is 0 Å². The average molecular weight is 235 g/mol. The lowest BCUT2D eigenvalue weighted by Crippen LogP contribution is -2.16. The molecule has 1 aliphatic rings. The van der Waals surface area contributed by atoms with E-state index in [1.807, 2.05) is 0 Å². The normalized spacial score (nSPS) is 17.5. The van der Waals surface area contributed by atoms with Gasteiger partial charge >= 0.3 is 5.97 Å². The molecule has 3 nitrogen and oxygen atoms in total. The van der Waals surface area contributed by atoms with Crippen LogP contribution in [0.15, 0.2) is 29.3 Å². The molecule has 0 aliphatic carbocycles. The number of rotatable bonds is 5. The van der Waals surface area contributed by atoms with Crippen LogP contribution in [-0.4, -0.2) is 24.3 Å². The Kier molecular flexibility index (Phi) is 3.52. The number of halogens is 1. The van der Waals surface area contributed by atoms with Crippen LogP contribution in [-0.2, 0) is 16.0 Å². The first-order valence-corrected chi connectivity index (χ1v) is 5.68. The van der Waals surface area contributed by atoms with Crippen molar-refractivity contribution >= 4 is 11.7 Å². The lowest BCUT2D eigenvalue weighted by Gasteiger charge is -2.00. The van der Waals surface area contributed by atoms with Crippen LogP contribution in [0, 0.1) is 5.82 Å². The zero-order valence-corrected chi connectivity index (χ0v) is 9.65. The third kappa shape index (κ3) is 3.12. The van der Waals surface area contributed by atoms with Crippen LogP contribution in [0.25, 0.3) is 0 Å². The Bertz CT molecular complexity index is 439. The van der Waals surface area contributed by atoms with Crippen LogP contribution in [0.2, 0.25) is 0 Å². The summed E-state index contributed by atoms with van der Waals surface area (Å²) < 4.78 is 17.5. The molecule has 0 aromatic heterocycles. The summed E-state index contributed by atoms with van der Waals surface area (Å²) in [5.74, 6) is -0.497. The molecule has 90 valence electrons. The van der Waals surface area contributed by atoms with Gasteiger partial charge < -0.3 is 4.74 Å². The highest BCUT2D eigenvalue weighted by Gasteiger charge is 2.35. The largest absolute Gasteiger partial charge is 0.464 e. The molecular formula is C13H14FNO2. The Morgan fingerprint density at radius 1 is 1.35 bits per heavy atom. The molecule has 1 aromatic rings. The molecule has 1 unspecified atom stereocenters. The maximum atomic E-state index is 12.7. The molecule has 1 heterocycles. The second kappa shape index (κ2) is 5.08. The minimum absolute atomic E-state index is 0.234. The van der Waals surface area contributed by atoms with E-state index in [-0.39, 0.29) is 17.8 Å². The van der Waals surface area contributed by atoms with Crippen molar-refractivity contribution < 1.29 is 13.9 Å². The SMILES string of the molecule is CCOC(=O)C1N=C1CCc1ccc(F)cc1. The predicted octanol–water partition coefficient (Wildman–Crippen LogP) is 2.14. The topological polar surface area (TPSA) is 38.7 Å². The van der Waals surface area contributed by atoms with E-state index in [1.54, 1.807) is 19.1 Å². The van der Waals surface area contributed by atoms with Crippen molar-refractivity contribution in [2.24, 2.45) is 4.99 Å². The van der Waals surface area contributed by atoms with Crippen molar-refractivity contribution in [3.05, 3.63) is 35.6 Å². The predicted molar refractivity (Wildman–Crippen MR) is 62.6 cm³/mol. The first-order valence-electron chi connectivity index (χ1n) is 5.68. The van der Waals surface area contributed by atoms with E-state index in [4.69, 9.17) is 4.74 Å². The number of aryl methyl sites for hydroxylation is 1. The molecule has 1 aliphatic heterocycles. The van der Waals surface area contributed by atoms with E-state index in [1.165, 1.54) is 12.1 Å². The van der Waals surface area contributed by atoms with Crippen LogP contribution >= 0.6 is 0 Å². The van der Waals surface area contributed by atoms with Crippen molar-refractivity contribution in [1.82, 2.24) is 0 Å². The van der Waals surface area contributed by atoms with Crippen molar-refractivity contribution in [2.75, 3.05) is 6.61 Å². The summed E-state index contributed by atoms with van der Waals surface area (Å²) in [6.07, 6.45) is 1.50. The van der Waals surface area contributed by atoms with Gasteiger partial charge in [0.1, 0.15) is 5.82 Å². The number of nitrogens with zero attached hydrogens (tertiary/aromatic N) is 1. The zero-order valence-electron chi connectivity index (χ0n) is 9.65. The Morgan fingerprint density at radius 2 is 2.06 bits per heavy atom. The molecule has 0 spiro atoms. The third-order valence-electron chi connectivity index (χ3n) is 2.64. The quantitative estimate of drug-likeness (QED) is 0.733. The smallest absolute Gasteiger partial charge is 0.336 e. The Balaban J connectivity index is 1.76. The molecule has 4 heteroatoms. The summed E-state index contributed by atoms with van der Waals surface area (Å²) in [7, 11) is 0. The second-order valence-corrected chi connectivity index (χ2v) is 3.90. The van der Waals surface area contributed by atoms with Gasteiger partial charge in [0.25, 0.3) is 0 Å². The highest BCUT2D eigenvalue weighted by atomic mass is 19.1. The van der Waals surface area contributed by atoms with Gasteiger partial charge in [-0.2, -0.15) is 0 Å². The molecule has 0 radical (unpaired) electrons. The fourth-order valence-electron chi connectivity index (χ4n) is 1.66. The van der Waals surface area contributed by atoms with Gasteiger partial charge in [0.05, 0.1) is 12.3 Å². The number of hydrogen-bond acceptors (Lipinski definition) is 3. The van der Waals surface area contributed by atoms with Gasteiger partial charge in [-0.1, -0.05) is 12.1 Å². The van der Waals surface area contributed by atoms with Crippen LogP contribution in [0.1, 0.15) is 18.9 Å². The first-order chi connectivity index (χ1) is 8.20. The molecule has 0 amide bonds. The minimum atomic E-state index is -0.351. The van der Waals surface area contributed by atoms with Crippen LogP contribution in [0.5, 0.6) is 0 Å². The van der Waals surface area contributed by atoms with Crippen molar-refractivity contribution in [3.8, 4) is 0 Å². The van der Waals surface area contributed by atoms with Crippen LogP contribution in [0.4, 0.5) is 4.39 Å². The van der Waals surface area contributed by atoms with Crippen LogP contribution in [0.3, 0.4) is 0 Å². The van der Waals surface area contributed by atoms with Crippen LogP contribution < -0.4 is 0 Å². The fourth-order valence-corrected chi connectivity index (χ4v) is 1.66. The summed E-state index contributed by atoms with van der Waals surface area (Å²) in [5, 5.41) is 0. The molecule has 0 N–H and O–H groups in total. The number of ether oxygens (including phenoxy) is 1. The Hall–Kier alpha value is -1.71. The zero-order chi connectivity index (χ0) is 12.3. The molecular weight excluding hydrogens is 221 g/mol. The summed E-state index contributed by atoms with van der Waals surface area (Å²) in [6.45, 7) is 2.16. The minimum Gasteiger partial charge on any atom is -0.464 e. The molecule has 0 bridgehead atoms. The van der Waals surface area contributed by atoms with E-state index in [0.717, 1.165) is 24.1 Å². The summed E-state index contributed by atoms with van der Waals surface area (Å²) in [6, 6.07) is 6.02. The van der Waals surface area contributed by atoms with E-state index in [0.29, 0.717) is 6.61 Å². The molecule has 1 atom stereocenters. The highest BCUT2D eigenvalue weighted by molar-refractivity contribution is 6.16. The number of benzene rings is 1. The van der Waals surface area contributed by atoms with Gasteiger partial charge in [-0.3, -0.25) is 4.99 Å². The lowest BCUT2D eigenvalue weighted by atomic mass is 10.1. The number of carbonyl (C=O) groups excluding carboxylic acids is 1. The van der Waals surface area contributed by atoms with Gasteiger partial charge in [-0.05, 0) is 37.5 Å². The molecule has 0 saturated heterocycles. The Morgan fingerprint density at radius 3 is 2.71 bits per heavy atom. The summed E-state index contributed by atoms with van der Waals surface area (Å²) in [4.78, 5) is 15.4. The second-order valence-electron chi connectivity index (χ2n) is 3.90. The highest BCUT2D eigenvalue weighted by Crippen LogP contribution is 2.19. The van der Waals surface area contributed by atoms with E-state index in [2.05, 4.69) is 4.99 Å². The summed E-state index contributed by atoms with van der Waals surface area (Å²) >= 11 is 0. The van der Waals surface area contributed by atoms with Gasteiger partial charge in [-0.15, -0.1) is 0 Å².